The van der Waals surface area contributed by atoms with Crippen molar-refractivity contribution in [2.45, 2.75) is 0 Å². The van der Waals surface area contributed by atoms with Gasteiger partial charge in [0, 0.05) is 23.0 Å². The first-order valence-corrected chi connectivity index (χ1v) is 5.81. The Morgan fingerprint density at radius 3 is 1.73 bits per heavy atom. The zero-order valence-electron chi connectivity index (χ0n) is 7.66. The van der Waals surface area contributed by atoms with Crippen molar-refractivity contribution >= 4 is 22.5 Å². The second-order valence-electron chi connectivity index (χ2n) is 2.77. The maximum Gasteiger partial charge on any atom is 0.354 e. The fourth-order valence-electron chi connectivity index (χ4n) is 1.06. The minimum absolute atomic E-state index is 0.577. The van der Waals surface area contributed by atoms with E-state index in [0.717, 1.165) is 12.2 Å². The Bertz CT molecular complexity index is 379. The summed E-state index contributed by atoms with van der Waals surface area (Å²) in [5.74, 6) is -1.15. The molecule has 0 bridgehead atoms. The first kappa shape index (κ1) is 9.79. The molecule has 0 unspecified atom stereocenters. The molecule has 78 valence electrons. The molecular weight excluding hydrogens is 216 g/mol. The van der Waals surface area contributed by atoms with Gasteiger partial charge in [0.05, 0.1) is 0 Å². The van der Waals surface area contributed by atoms with E-state index in [1.165, 1.54) is 0 Å². The van der Waals surface area contributed by atoms with Gasteiger partial charge < -0.3 is 8.37 Å². The van der Waals surface area contributed by atoms with Crippen LogP contribution in [-0.2, 0) is 18.0 Å². The van der Waals surface area contributed by atoms with Crippen molar-refractivity contribution in [3.05, 3.63) is 47.3 Å². The van der Waals surface area contributed by atoms with E-state index in [-0.39, 0.29) is 0 Å². The molecule has 5 heteroatoms. The second kappa shape index (κ2) is 3.78. The second-order valence-corrected chi connectivity index (χ2v) is 4.82. The first-order valence-electron chi connectivity index (χ1n) is 4.20. The predicted octanol–water partition coefficient (Wildman–Crippen LogP) is 1.87. The monoisotopic (exact) mass is 224 g/mol. The van der Waals surface area contributed by atoms with Crippen LogP contribution in [0.25, 0.3) is 0 Å². The molecule has 4 nitrogen and oxygen atoms in total. The maximum atomic E-state index is 11.2. The Kier molecular flexibility index (Phi) is 2.47. The molecule has 0 aromatic heterocycles. The molecule has 0 atom stereocenters. The molecule has 0 aromatic carbocycles. The van der Waals surface area contributed by atoms with Gasteiger partial charge in [0.15, 0.2) is 0 Å². The lowest BCUT2D eigenvalue weighted by molar-refractivity contribution is -0.129. The molecule has 0 saturated carbocycles. The molecule has 0 aromatic rings. The molecule has 2 aliphatic rings. The summed E-state index contributed by atoms with van der Waals surface area (Å²) in [4.78, 5) is 22.4. The standard InChI is InChI=1S/C10H8O4S/c11-9-5-6-10(12)14-15(13-9)7-3-1-2-4-8-15/h1-8H. The van der Waals surface area contributed by atoms with Gasteiger partial charge in [-0.1, -0.05) is 22.7 Å². The van der Waals surface area contributed by atoms with Crippen LogP contribution in [0.2, 0.25) is 0 Å². The van der Waals surface area contributed by atoms with E-state index in [4.69, 9.17) is 8.37 Å². The summed E-state index contributed by atoms with van der Waals surface area (Å²) >= 11 is 0. The zero-order chi connectivity index (χ0) is 10.7. The van der Waals surface area contributed by atoms with Crippen molar-refractivity contribution in [3.8, 4) is 0 Å². The zero-order valence-corrected chi connectivity index (χ0v) is 8.48. The first-order chi connectivity index (χ1) is 7.20. The molecule has 0 radical (unpaired) electrons. The number of carbonyl (C=O) groups excluding carboxylic acids is 2. The minimum atomic E-state index is -2.36. The van der Waals surface area contributed by atoms with Gasteiger partial charge in [0.2, 0.25) is 0 Å². The van der Waals surface area contributed by atoms with Crippen LogP contribution in [0.3, 0.4) is 0 Å². The highest BCUT2D eigenvalue weighted by Gasteiger charge is 2.25. The summed E-state index contributed by atoms with van der Waals surface area (Å²) in [6, 6.07) is 0. The molecule has 2 heterocycles. The van der Waals surface area contributed by atoms with Gasteiger partial charge in [0.25, 0.3) is 0 Å². The van der Waals surface area contributed by atoms with E-state index in [1.54, 1.807) is 35.1 Å². The lowest BCUT2D eigenvalue weighted by Crippen LogP contribution is -2.07. The quantitative estimate of drug-likeness (QED) is 0.630. The summed E-state index contributed by atoms with van der Waals surface area (Å²) in [5, 5.41) is 3.16. The van der Waals surface area contributed by atoms with Crippen molar-refractivity contribution in [1.29, 1.82) is 0 Å². The van der Waals surface area contributed by atoms with Crippen LogP contribution in [0.4, 0.5) is 0 Å². The van der Waals surface area contributed by atoms with Gasteiger partial charge in [-0.3, -0.25) is 0 Å². The maximum absolute atomic E-state index is 11.2. The Balaban J connectivity index is 2.35. The van der Waals surface area contributed by atoms with Crippen LogP contribution in [0.15, 0.2) is 47.3 Å². The van der Waals surface area contributed by atoms with Gasteiger partial charge in [-0.25, -0.2) is 9.59 Å². The molecule has 0 saturated heterocycles. The van der Waals surface area contributed by atoms with E-state index < -0.39 is 22.5 Å². The molecule has 2 aliphatic heterocycles. The van der Waals surface area contributed by atoms with Crippen LogP contribution in [0, 0.1) is 0 Å². The lowest BCUT2D eigenvalue weighted by Gasteiger charge is -2.32. The Morgan fingerprint density at radius 1 is 0.800 bits per heavy atom. The highest BCUT2D eigenvalue weighted by atomic mass is 32.3. The van der Waals surface area contributed by atoms with E-state index >= 15 is 0 Å². The minimum Gasteiger partial charge on any atom is -0.332 e. The van der Waals surface area contributed by atoms with Crippen molar-refractivity contribution in [3.63, 3.8) is 0 Å². The van der Waals surface area contributed by atoms with Crippen molar-refractivity contribution < 1.29 is 18.0 Å². The normalized spacial score (nSPS) is 24.3. The molecular formula is C10H8O4S. The molecule has 0 fully saturated rings. The highest BCUT2D eigenvalue weighted by Crippen LogP contribution is 2.55. The summed E-state index contributed by atoms with van der Waals surface area (Å²) in [6.07, 6.45) is 9.01. The number of allylic oxidation sites excluding steroid dienone is 4. The van der Waals surface area contributed by atoms with E-state index in [9.17, 15) is 9.59 Å². The van der Waals surface area contributed by atoms with E-state index in [1.807, 2.05) is 0 Å². The fourth-order valence-corrected chi connectivity index (χ4v) is 2.65. The topological polar surface area (TPSA) is 52.6 Å². The number of hydrogen-bond acceptors (Lipinski definition) is 4. The third-order valence-electron chi connectivity index (χ3n) is 1.65. The van der Waals surface area contributed by atoms with Crippen LogP contribution >= 0.6 is 10.6 Å². The molecule has 2 rings (SSSR count). The molecule has 1 spiro atoms. The van der Waals surface area contributed by atoms with Gasteiger partial charge in [-0.2, -0.15) is 0 Å². The van der Waals surface area contributed by atoms with Crippen LogP contribution in [0.5, 0.6) is 0 Å². The van der Waals surface area contributed by atoms with E-state index in [2.05, 4.69) is 0 Å². The van der Waals surface area contributed by atoms with E-state index in [0.29, 0.717) is 0 Å². The Labute approximate surface area is 88.3 Å². The Hall–Kier alpha value is -1.75. The van der Waals surface area contributed by atoms with Crippen molar-refractivity contribution in [1.82, 2.24) is 0 Å². The SMILES string of the molecule is O=C1C=CC(=O)OS2(C=CC=CC=C2)O1. The van der Waals surface area contributed by atoms with Gasteiger partial charge in [-0.15, -0.1) is 0 Å². The van der Waals surface area contributed by atoms with Crippen LogP contribution < -0.4 is 0 Å². The van der Waals surface area contributed by atoms with Crippen LogP contribution in [-0.4, -0.2) is 11.9 Å². The third kappa shape index (κ3) is 2.19. The van der Waals surface area contributed by atoms with Crippen molar-refractivity contribution in [2.75, 3.05) is 0 Å². The summed E-state index contributed by atoms with van der Waals surface area (Å²) in [5.41, 5.74) is 0. The molecule has 0 aliphatic carbocycles. The van der Waals surface area contributed by atoms with Gasteiger partial charge in [-0.05, 0) is 12.2 Å². The lowest BCUT2D eigenvalue weighted by atomic mass is 10.5. The molecule has 0 N–H and O–H groups in total. The van der Waals surface area contributed by atoms with Crippen molar-refractivity contribution in [2.24, 2.45) is 0 Å². The average Bonchev–Trinajstić information content (AvgIpc) is 2.47. The predicted molar refractivity (Wildman–Crippen MR) is 56.3 cm³/mol. The summed E-state index contributed by atoms with van der Waals surface area (Å²) < 4.78 is 10.2. The average molecular weight is 224 g/mol. The summed E-state index contributed by atoms with van der Waals surface area (Å²) in [6.45, 7) is 0. The number of hydrogen-bond donors (Lipinski definition) is 0. The Morgan fingerprint density at radius 2 is 1.27 bits per heavy atom. The largest absolute Gasteiger partial charge is 0.354 e. The number of carbonyl (C=O) groups is 2. The van der Waals surface area contributed by atoms with Gasteiger partial charge >= 0.3 is 11.9 Å². The highest BCUT2D eigenvalue weighted by molar-refractivity contribution is 8.31. The summed E-state index contributed by atoms with van der Waals surface area (Å²) in [7, 11) is -2.36. The smallest absolute Gasteiger partial charge is 0.332 e. The van der Waals surface area contributed by atoms with Crippen LogP contribution in [0.1, 0.15) is 0 Å². The fraction of sp³-hybridized carbons (Fsp3) is 0. The third-order valence-corrected chi connectivity index (χ3v) is 3.57. The van der Waals surface area contributed by atoms with Gasteiger partial charge in [0.1, 0.15) is 0 Å². The number of rotatable bonds is 0. The molecule has 0 amide bonds. The molecule has 15 heavy (non-hydrogen) atoms.